The molecule has 1 aliphatic carbocycles. The van der Waals surface area contributed by atoms with Crippen molar-refractivity contribution < 1.29 is 9.90 Å². The molecular formula is C9H16O2. The molecule has 1 unspecified atom stereocenters. The number of allylic oxidation sites excluding steroid dienone is 2. The molecule has 0 radical (unpaired) electrons. The maximum atomic E-state index is 10.1. The predicted octanol–water partition coefficient (Wildman–Crippen LogP) is 2.45. The highest BCUT2D eigenvalue weighted by Crippen LogP contribution is 2.19. The largest absolute Gasteiger partial charge is 0.481 e. The first-order valence-electron chi connectivity index (χ1n) is 4.17. The van der Waals surface area contributed by atoms with Crippen molar-refractivity contribution in [1.82, 2.24) is 0 Å². The maximum absolute atomic E-state index is 10.1. The SMILES string of the molecule is CC.O=C(O)CC1C=CCC1. The second-order valence-electron chi connectivity index (χ2n) is 2.36. The summed E-state index contributed by atoms with van der Waals surface area (Å²) in [6.07, 6.45) is 6.42. The number of carbonyl (C=O) groups is 1. The molecule has 1 rings (SSSR count). The topological polar surface area (TPSA) is 37.3 Å². The third-order valence-corrected chi connectivity index (χ3v) is 1.55. The monoisotopic (exact) mass is 156 g/mol. The number of aliphatic carboxylic acids is 1. The molecule has 0 amide bonds. The molecule has 0 heterocycles. The summed E-state index contributed by atoms with van der Waals surface area (Å²) in [7, 11) is 0. The van der Waals surface area contributed by atoms with Crippen LogP contribution in [0.5, 0.6) is 0 Å². The Morgan fingerprint density at radius 1 is 1.64 bits per heavy atom. The predicted molar refractivity (Wildman–Crippen MR) is 45.5 cm³/mol. The van der Waals surface area contributed by atoms with E-state index in [1.54, 1.807) is 0 Å². The Morgan fingerprint density at radius 2 is 2.27 bits per heavy atom. The highest BCUT2D eigenvalue weighted by atomic mass is 16.4. The van der Waals surface area contributed by atoms with E-state index in [0.717, 1.165) is 12.8 Å². The van der Waals surface area contributed by atoms with Gasteiger partial charge in [-0.15, -0.1) is 0 Å². The van der Waals surface area contributed by atoms with Crippen LogP contribution in [0.25, 0.3) is 0 Å². The van der Waals surface area contributed by atoms with Gasteiger partial charge in [0.15, 0.2) is 0 Å². The normalized spacial score (nSPS) is 20.7. The average molecular weight is 156 g/mol. The van der Waals surface area contributed by atoms with Gasteiger partial charge in [-0.2, -0.15) is 0 Å². The minimum absolute atomic E-state index is 0.302. The van der Waals surface area contributed by atoms with Gasteiger partial charge in [-0.3, -0.25) is 4.79 Å². The summed E-state index contributed by atoms with van der Waals surface area (Å²) < 4.78 is 0. The minimum atomic E-state index is -0.688. The van der Waals surface area contributed by atoms with Crippen molar-refractivity contribution >= 4 is 5.97 Å². The van der Waals surface area contributed by atoms with Gasteiger partial charge in [-0.1, -0.05) is 26.0 Å². The summed E-state index contributed by atoms with van der Waals surface area (Å²) in [6.45, 7) is 4.00. The van der Waals surface area contributed by atoms with Gasteiger partial charge in [0.2, 0.25) is 0 Å². The third-order valence-electron chi connectivity index (χ3n) is 1.55. The summed E-state index contributed by atoms with van der Waals surface area (Å²) in [5.41, 5.74) is 0. The molecular weight excluding hydrogens is 140 g/mol. The lowest BCUT2D eigenvalue weighted by Gasteiger charge is -1.99. The van der Waals surface area contributed by atoms with Crippen LogP contribution in [0.2, 0.25) is 0 Å². The molecule has 0 aromatic rings. The highest BCUT2D eigenvalue weighted by Gasteiger charge is 2.11. The Morgan fingerprint density at radius 3 is 2.64 bits per heavy atom. The van der Waals surface area contributed by atoms with Crippen LogP contribution in [0.15, 0.2) is 12.2 Å². The fourth-order valence-corrected chi connectivity index (χ4v) is 1.09. The van der Waals surface area contributed by atoms with Crippen LogP contribution >= 0.6 is 0 Å². The van der Waals surface area contributed by atoms with Crippen molar-refractivity contribution in [3.63, 3.8) is 0 Å². The van der Waals surface area contributed by atoms with E-state index in [2.05, 4.69) is 0 Å². The standard InChI is InChI=1S/C7H10O2.C2H6/c8-7(9)5-6-3-1-2-4-6;1-2/h1,3,6H,2,4-5H2,(H,8,9);1-2H3. The first kappa shape index (κ1) is 10.2. The molecule has 1 atom stereocenters. The molecule has 0 saturated heterocycles. The van der Waals surface area contributed by atoms with Crippen molar-refractivity contribution in [3.05, 3.63) is 12.2 Å². The van der Waals surface area contributed by atoms with Gasteiger partial charge < -0.3 is 5.11 Å². The molecule has 2 nitrogen and oxygen atoms in total. The van der Waals surface area contributed by atoms with Crippen molar-refractivity contribution in [3.8, 4) is 0 Å². The lowest BCUT2D eigenvalue weighted by molar-refractivity contribution is -0.137. The van der Waals surface area contributed by atoms with E-state index in [1.165, 1.54) is 0 Å². The molecule has 1 N–H and O–H groups in total. The summed E-state index contributed by atoms with van der Waals surface area (Å²) in [4.78, 5) is 10.1. The van der Waals surface area contributed by atoms with E-state index in [-0.39, 0.29) is 0 Å². The van der Waals surface area contributed by atoms with Gasteiger partial charge in [0.25, 0.3) is 0 Å². The van der Waals surface area contributed by atoms with Gasteiger partial charge >= 0.3 is 5.97 Å². The van der Waals surface area contributed by atoms with Crippen molar-refractivity contribution in [1.29, 1.82) is 0 Å². The van der Waals surface area contributed by atoms with Gasteiger partial charge in [-0.05, 0) is 18.8 Å². The average Bonchev–Trinajstić information content (AvgIpc) is 2.43. The van der Waals surface area contributed by atoms with Crippen LogP contribution in [0.1, 0.15) is 33.1 Å². The molecule has 2 heteroatoms. The second kappa shape index (κ2) is 5.96. The van der Waals surface area contributed by atoms with E-state index < -0.39 is 5.97 Å². The van der Waals surface area contributed by atoms with Gasteiger partial charge in [0.05, 0.1) is 6.42 Å². The molecule has 0 saturated carbocycles. The zero-order chi connectivity index (χ0) is 8.69. The van der Waals surface area contributed by atoms with Crippen molar-refractivity contribution in [2.45, 2.75) is 33.1 Å². The van der Waals surface area contributed by atoms with Crippen LogP contribution in [0.3, 0.4) is 0 Å². The molecule has 11 heavy (non-hydrogen) atoms. The Balaban J connectivity index is 0.000000461. The van der Waals surface area contributed by atoms with E-state index in [1.807, 2.05) is 26.0 Å². The fourth-order valence-electron chi connectivity index (χ4n) is 1.09. The molecule has 0 spiro atoms. The lowest BCUT2D eigenvalue weighted by Crippen LogP contribution is -2.01. The third kappa shape index (κ3) is 4.59. The Labute approximate surface area is 67.9 Å². The summed E-state index contributed by atoms with van der Waals surface area (Å²) >= 11 is 0. The summed E-state index contributed by atoms with van der Waals surface area (Å²) in [6, 6.07) is 0. The molecule has 0 bridgehead atoms. The van der Waals surface area contributed by atoms with Gasteiger partial charge in [0, 0.05) is 0 Å². The lowest BCUT2D eigenvalue weighted by atomic mass is 10.1. The Bertz CT molecular complexity index is 138. The van der Waals surface area contributed by atoms with Crippen LogP contribution in [-0.2, 0) is 4.79 Å². The van der Waals surface area contributed by atoms with Crippen LogP contribution in [-0.4, -0.2) is 11.1 Å². The Kier molecular flexibility index (Phi) is 5.53. The fraction of sp³-hybridized carbons (Fsp3) is 0.667. The van der Waals surface area contributed by atoms with E-state index >= 15 is 0 Å². The quantitative estimate of drug-likeness (QED) is 0.623. The molecule has 64 valence electrons. The van der Waals surface area contributed by atoms with Gasteiger partial charge in [-0.25, -0.2) is 0 Å². The first-order valence-corrected chi connectivity index (χ1v) is 4.17. The van der Waals surface area contributed by atoms with E-state index in [0.29, 0.717) is 12.3 Å². The van der Waals surface area contributed by atoms with Gasteiger partial charge in [0.1, 0.15) is 0 Å². The molecule has 0 aromatic heterocycles. The number of hydrogen-bond donors (Lipinski definition) is 1. The maximum Gasteiger partial charge on any atom is 0.303 e. The van der Waals surface area contributed by atoms with Crippen molar-refractivity contribution in [2.24, 2.45) is 5.92 Å². The Hall–Kier alpha value is -0.790. The number of rotatable bonds is 2. The molecule has 1 aliphatic rings. The zero-order valence-electron chi connectivity index (χ0n) is 7.21. The first-order chi connectivity index (χ1) is 5.29. The zero-order valence-corrected chi connectivity index (χ0v) is 7.21. The highest BCUT2D eigenvalue weighted by molar-refractivity contribution is 5.67. The molecule has 0 fully saturated rings. The van der Waals surface area contributed by atoms with E-state index in [9.17, 15) is 4.79 Å². The smallest absolute Gasteiger partial charge is 0.303 e. The number of carboxylic acids is 1. The number of carboxylic acid groups (broad SMARTS) is 1. The van der Waals surface area contributed by atoms with E-state index in [4.69, 9.17) is 5.11 Å². The molecule has 0 aromatic carbocycles. The number of hydrogen-bond acceptors (Lipinski definition) is 1. The van der Waals surface area contributed by atoms with Crippen LogP contribution in [0.4, 0.5) is 0 Å². The van der Waals surface area contributed by atoms with Crippen molar-refractivity contribution in [2.75, 3.05) is 0 Å². The van der Waals surface area contributed by atoms with Crippen LogP contribution in [0, 0.1) is 5.92 Å². The summed E-state index contributed by atoms with van der Waals surface area (Å²) in [5, 5.41) is 8.34. The minimum Gasteiger partial charge on any atom is -0.481 e. The summed E-state index contributed by atoms with van der Waals surface area (Å²) in [5.74, 6) is -0.381. The second-order valence-corrected chi connectivity index (χ2v) is 2.36. The molecule has 0 aliphatic heterocycles. The van der Waals surface area contributed by atoms with Crippen LogP contribution < -0.4 is 0 Å².